The fraction of sp³-hybridized carbons (Fsp3) is 0.588. The van der Waals surface area contributed by atoms with Crippen LogP contribution in [0.15, 0.2) is 18.2 Å². The Morgan fingerprint density at radius 1 is 1.19 bits per heavy atom. The maximum atomic E-state index is 12.6. The van der Waals surface area contributed by atoms with E-state index in [1.165, 1.54) is 6.07 Å². The van der Waals surface area contributed by atoms with E-state index in [1.54, 1.807) is 12.1 Å². The number of hydrogen-bond donors (Lipinski definition) is 0. The van der Waals surface area contributed by atoms with Crippen LogP contribution in [0.2, 0.25) is 5.02 Å². The van der Waals surface area contributed by atoms with Gasteiger partial charge in [-0.25, -0.2) is 0 Å². The van der Waals surface area contributed by atoms with Gasteiger partial charge in [-0.05, 0) is 19.1 Å². The van der Waals surface area contributed by atoms with Crippen LogP contribution in [-0.2, 0) is 9.53 Å². The van der Waals surface area contributed by atoms with Crippen molar-refractivity contribution in [3.8, 4) is 0 Å². The maximum Gasteiger partial charge on any atom is 0.294 e. The van der Waals surface area contributed by atoms with Crippen LogP contribution in [0.1, 0.15) is 6.92 Å². The molecule has 1 amide bonds. The Kier molecular flexibility index (Phi) is 5.95. The molecule has 0 N–H and O–H groups in total. The second-order valence-electron chi connectivity index (χ2n) is 6.53. The van der Waals surface area contributed by atoms with Gasteiger partial charge in [-0.3, -0.25) is 19.8 Å². The van der Waals surface area contributed by atoms with Crippen LogP contribution in [-0.4, -0.2) is 79.2 Å². The summed E-state index contributed by atoms with van der Waals surface area (Å²) in [6.45, 7) is 7.00. The average Bonchev–Trinajstić information content (AvgIpc) is 2.67. The highest BCUT2D eigenvalue weighted by Crippen LogP contribution is 2.31. The van der Waals surface area contributed by atoms with Crippen LogP contribution >= 0.6 is 11.6 Å². The highest BCUT2D eigenvalue weighted by Gasteiger charge is 2.31. The quantitative estimate of drug-likeness (QED) is 0.581. The van der Waals surface area contributed by atoms with Gasteiger partial charge >= 0.3 is 0 Å². The number of carbonyl (C=O) groups is 1. The summed E-state index contributed by atoms with van der Waals surface area (Å²) < 4.78 is 5.30. The molecule has 0 spiro atoms. The summed E-state index contributed by atoms with van der Waals surface area (Å²) in [5.41, 5.74) is 0.592. The van der Waals surface area contributed by atoms with Crippen molar-refractivity contribution in [1.82, 2.24) is 9.80 Å². The first-order chi connectivity index (χ1) is 12.5. The highest BCUT2D eigenvalue weighted by molar-refractivity contribution is 6.30. The molecule has 9 heteroatoms. The van der Waals surface area contributed by atoms with Gasteiger partial charge < -0.3 is 14.5 Å². The van der Waals surface area contributed by atoms with E-state index in [0.717, 1.165) is 0 Å². The Bertz CT molecular complexity index is 673. The zero-order valence-electron chi connectivity index (χ0n) is 14.8. The van der Waals surface area contributed by atoms with E-state index in [4.69, 9.17) is 16.3 Å². The molecule has 2 aliphatic heterocycles. The Morgan fingerprint density at radius 2 is 1.85 bits per heavy atom. The van der Waals surface area contributed by atoms with E-state index in [-0.39, 0.29) is 17.6 Å². The minimum atomic E-state index is -0.405. The number of rotatable bonds is 4. The fourth-order valence-corrected chi connectivity index (χ4v) is 3.63. The summed E-state index contributed by atoms with van der Waals surface area (Å²) in [6, 6.07) is 4.54. The molecule has 0 aromatic heterocycles. The van der Waals surface area contributed by atoms with Crippen molar-refractivity contribution in [1.29, 1.82) is 0 Å². The van der Waals surface area contributed by atoms with Gasteiger partial charge in [0.25, 0.3) is 5.69 Å². The van der Waals surface area contributed by atoms with Crippen molar-refractivity contribution >= 4 is 28.9 Å². The molecule has 26 heavy (non-hydrogen) atoms. The number of halogens is 1. The van der Waals surface area contributed by atoms with Crippen molar-refractivity contribution in [3.63, 3.8) is 0 Å². The van der Waals surface area contributed by atoms with Crippen molar-refractivity contribution in [2.24, 2.45) is 0 Å². The molecule has 0 radical (unpaired) electrons. The summed E-state index contributed by atoms with van der Waals surface area (Å²) in [6.07, 6.45) is 0. The number of benzene rings is 1. The van der Waals surface area contributed by atoms with E-state index in [9.17, 15) is 14.9 Å². The number of amides is 1. The lowest BCUT2D eigenvalue weighted by Gasteiger charge is -2.40. The molecule has 3 rings (SSSR count). The summed E-state index contributed by atoms with van der Waals surface area (Å²) in [5.74, 6) is 0.124. The van der Waals surface area contributed by atoms with Crippen LogP contribution in [0.4, 0.5) is 11.4 Å². The topological polar surface area (TPSA) is 79.2 Å². The maximum absolute atomic E-state index is 12.6. The smallest absolute Gasteiger partial charge is 0.294 e. The van der Waals surface area contributed by atoms with E-state index >= 15 is 0 Å². The van der Waals surface area contributed by atoms with Crippen LogP contribution in [0, 0.1) is 10.1 Å². The number of nitro groups is 1. The average molecular weight is 383 g/mol. The van der Waals surface area contributed by atoms with Crippen LogP contribution in [0.25, 0.3) is 0 Å². The molecule has 2 heterocycles. The zero-order valence-corrected chi connectivity index (χ0v) is 15.5. The minimum Gasteiger partial charge on any atom is -0.378 e. The third-order valence-electron chi connectivity index (χ3n) is 5.02. The molecule has 8 nitrogen and oxygen atoms in total. The number of hydrogen-bond acceptors (Lipinski definition) is 6. The molecule has 2 saturated heterocycles. The largest absolute Gasteiger partial charge is 0.378 e. The third kappa shape index (κ3) is 4.08. The molecule has 0 bridgehead atoms. The first-order valence-electron chi connectivity index (χ1n) is 8.77. The number of carbonyl (C=O) groups excluding carboxylic acids is 1. The van der Waals surface area contributed by atoms with Gasteiger partial charge in [-0.15, -0.1) is 0 Å². The summed E-state index contributed by atoms with van der Waals surface area (Å²) >= 11 is 5.89. The van der Waals surface area contributed by atoms with Crippen molar-refractivity contribution in [2.75, 3.05) is 57.4 Å². The van der Waals surface area contributed by atoms with Gasteiger partial charge in [0.2, 0.25) is 5.91 Å². The third-order valence-corrected chi connectivity index (χ3v) is 5.25. The SMILES string of the molecule is CC(C(=O)N1CCOCC1)N1CCN(c2ccc(Cl)cc2[N+](=O)[O-])CC1. The first kappa shape index (κ1) is 18.9. The second-order valence-corrected chi connectivity index (χ2v) is 6.96. The van der Waals surface area contributed by atoms with Gasteiger partial charge in [-0.2, -0.15) is 0 Å². The van der Waals surface area contributed by atoms with E-state index in [0.29, 0.717) is 63.2 Å². The van der Waals surface area contributed by atoms with Crippen LogP contribution in [0.3, 0.4) is 0 Å². The Morgan fingerprint density at radius 3 is 2.46 bits per heavy atom. The molecular weight excluding hydrogens is 360 g/mol. The van der Waals surface area contributed by atoms with E-state index < -0.39 is 4.92 Å². The van der Waals surface area contributed by atoms with Crippen LogP contribution < -0.4 is 4.90 Å². The first-order valence-corrected chi connectivity index (χ1v) is 9.14. The highest BCUT2D eigenvalue weighted by atomic mass is 35.5. The summed E-state index contributed by atoms with van der Waals surface area (Å²) in [4.78, 5) is 29.5. The van der Waals surface area contributed by atoms with Gasteiger partial charge in [0.05, 0.1) is 24.2 Å². The molecule has 1 aromatic rings. The number of anilines is 1. The summed E-state index contributed by atoms with van der Waals surface area (Å²) in [7, 11) is 0. The van der Waals surface area contributed by atoms with Gasteiger partial charge in [-0.1, -0.05) is 11.6 Å². The van der Waals surface area contributed by atoms with Gasteiger partial charge in [0.15, 0.2) is 0 Å². The molecule has 0 aliphatic carbocycles. The van der Waals surface area contributed by atoms with Gasteiger partial charge in [0, 0.05) is 50.4 Å². The molecule has 142 valence electrons. The number of nitrogens with zero attached hydrogens (tertiary/aromatic N) is 4. The lowest BCUT2D eigenvalue weighted by Crippen LogP contribution is -2.56. The zero-order chi connectivity index (χ0) is 18.7. The molecule has 0 saturated carbocycles. The molecule has 2 aliphatic rings. The Balaban J connectivity index is 1.62. The number of piperazine rings is 1. The van der Waals surface area contributed by atoms with Crippen molar-refractivity contribution in [2.45, 2.75) is 13.0 Å². The lowest BCUT2D eigenvalue weighted by atomic mass is 10.1. The Hall–Kier alpha value is -1.90. The molecular formula is C17H23ClN4O4. The molecule has 2 fully saturated rings. The molecule has 1 unspecified atom stereocenters. The number of morpholine rings is 1. The van der Waals surface area contributed by atoms with Gasteiger partial charge in [0.1, 0.15) is 5.69 Å². The standard InChI is InChI=1S/C17H23ClN4O4/c1-13(17(23)21-8-10-26-11-9-21)19-4-6-20(7-5-19)15-3-2-14(18)12-16(15)22(24)25/h2-3,12-13H,4-11H2,1H3. The lowest BCUT2D eigenvalue weighted by molar-refractivity contribution is -0.384. The van der Waals surface area contributed by atoms with E-state index in [2.05, 4.69) is 4.90 Å². The number of nitro benzene ring substituents is 1. The summed E-state index contributed by atoms with van der Waals surface area (Å²) in [5, 5.41) is 11.7. The molecule has 1 atom stereocenters. The Labute approximate surface area is 157 Å². The van der Waals surface area contributed by atoms with E-state index in [1.807, 2.05) is 16.7 Å². The normalized spacial score (nSPS) is 20.1. The second kappa shape index (κ2) is 8.20. The predicted octanol–water partition coefficient (Wildman–Crippen LogP) is 1.62. The predicted molar refractivity (Wildman–Crippen MR) is 98.8 cm³/mol. The molecule has 1 aromatic carbocycles. The van der Waals surface area contributed by atoms with Crippen LogP contribution in [0.5, 0.6) is 0 Å². The van der Waals surface area contributed by atoms with Crippen molar-refractivity contribution in [3.05, 3.63) is 33.3 Å². The monoisotopic (exact) mass is 382 g/mol. The van der Waals surface area contributed by atoms with Crippen molar-refractivity contribution < 1.29 is 14.5 Å². The fourth-order valence-electron chi connectivity index (χ4n) is 3.46. The minimum absolute atomic E-state index is 0.0170. The number of ether oxygens (including phenoxy) is 1.